The topological polar surface area (TPSA) is 0 Å². The molecule has 0 N–H and O–H groups in total. The molecule has 6 rings (SSSR count). The molecule has 0 aromatic carbocycles. The average molecular weight is 551 g/mol. The van der Waals surface area contributed by atoms with E-state index in [1.54, 1.807) is 57.8 Å². The second-order valence-corrected chi connectivity index (χ2v) is 18.2. The van der Waals surface area contributed by atoms with Gasteiger partial charge in [-0.25, -0.2) is 0 Å². The molecule has 0 radical (unpaired) electrons. The van der Waals surface area contributed by atoms with Crippen molar-refractivity contribution >= 4 is 0 Å². The highest BCUT2D eigenvalue weighted by Gasteiger charge is 2.50. The molecule has 230 valence electrons. The van der Waals surface area contributed by atoms with E-state index in [0.717, 1.165) is 107 Å². The molecule has 6 aliphatic rings. The lowest BCUT2D eigenvalue weighted by atomic mass is 9.54. The molecule has 40 heavy (non-hydrogen) atoms. The van der Waals surface area contributed by atoms with Gasteiger partial charge in [-0.1, -0.05) is 61.8 Å². The molecule has 0 nitrogen and oxygen atoms in total. The van der Waals surface area contributed by atoms with Gasteiger partial charge < -0.3 is 0 Å². The van der Waals surface area contributed by atoms with E-state index in [1.807, 2.05) is 0 Å². The maximum atomic E-state index is 2.65. The quantitative estimate of drug-likeness (QED) is 0.202. The SMILES string of the molecule is CC1CC(CCC2C(C)C2CCC(C)C(C)C2CCC3C(CCC4C(C)C4CCC4CC(C)C4C)CC3C2)C1C. The zero-order valence-electron chi connectivity index (χ0n) is 28.3. The summed E-state index contributed by atoms with van der Waals surface area (Å²) in [6.07, 6.45) is 21.8. The molecule has 6 fully saturated rings. The van der Waals surface area contributed by atoms with Crippen molar-refractivity contribution in [1.82, 2.24) is 0 Å². The highest BCUT2D eigenvalue weighted by molar-refractivity contribution is 5.00. The van der Waals surface area contributed by atoms with Gasteiger partial charge in [-0.15, -0.1) is 0 Å². The van der Waals surface area contributed by atoms with Crippen LogP contribution in [0.25, 0.3) is 0 Å². The van der Waals surface area contributed by atoms with Crippen molar-refractivity contribution < 1.29 is 0 Å². The minimum absolute atomic E-state index is 0.942. The highest BCUT2D eigenvalue weighted by Crippen LogP contribution is 2.59. The molecular weight excluding hydrogens is 480 g/mol. The largest absolute Gasteiger partial charge is 0.0622 e. The standard InChI is InChI=1S/C40H70/c1-23(9-14-36-29(7)37(36)15-10-31-19-24(2)27(31)5)26(4)33-12-18-40-34(22-35(40)21-33)13-17-39-30(8)38(39)16-11-32-20-25(3)28(32)6/h23-40H,9-22H2,1-8H3. The molecule has 18 atom stereocenters. The summed E-state index contributed by atoms with van der Waals surface area (Å²) in [6.45, 7) is 20.4. The van der Waals surface area contributed by atoms with Gasteiger partial charge in [0.15, 0.2) is 0 Å². The van der Waals surface area contributed by atoms with Crippen LogP contribution in [0.4, 0.5) is 0 Å². The van der Waals surface area contributed by atoms with E-state index < -0.39 is 0 Å². The summed E-state index contributed by atoms with van der Waals surface area (Å²) in [5, 5.41) is 0. The first kappa shape index (κ1) is 30.0. The van der Waals surface area contributed by atoms with Crippen LogP contribution >= 0.6 is 0 Å². The van der Waals surface area contributed by atoms with Crippen molar-refractivity contribution in [2.45, 2.75) is 145 Å². The summed E-state index contributed by atoms with van der Waals surface area (Å²) in [5.41, 5.74) is 0. The van der Waals surface area contributed by atoms with Crippen LogP contribution < -0.4 is 0 Å². The zero-order valence-corrected chi connectivity index (χ0v) is 28.3. The van der Waals surface area contributed by atoms with Gasteiger partial charge in [0.05, 0.1) is 0 Å². The Kier molecular flexibility index (Phi) is 9.15. The molecule has 0 aliphatic heterocycles. The minimum atomic E-state index is 0.942. The molecule has 6 aliphatic carbocycles. The van der Waals surface area contributed by atoms with E-state index in [1.165, 1.54) is 32.1 Å². The third kappa shape index (κ3) is 6.01. The van der Waals surface area contributed by atoms with Gasteiger partial charge in [-0.05, 0) is 190 Å². The lowest BCUT2D eigenvalue weighted by molar-refractivity contribution is -0.0174. The first-order valence-electron chi connectivity index (χ1n) is 19.1. The maximum absolute atomic E-state index is 2.65. The van der Waals surface area contributed by atoms with E-state index in [0.29, 0.717) is 0 Å². The fraction of sp³-hybridized carbons (Fsp3) is 1.00. The second-order valence-electron chi connectivity index (χ2n) is 18.2. The summed E-state index contributed by atoms with van der Waals surface area (Å²) in [5.74, 6) is 18.9. The smallest absolute Gasteiger partial charge is 0.0355 e. The number of hydrogen-bond acceptors (Lipinski definition) is 0. The van der Waals surface area contributed by atoms with Gasteiger partial charge in [-0.2, -0.15) is 0 Å². The highest BCUT2D eigenvalue weighted by atomic mass is 14.6. The van der Waals surface area contributed by atoms with Gasteiger partial charge in [-0.3, -0.25) is 0 Å². The van der Waals surface area contributed by atoms with Crippen molar-refractivity contribution in [2.75, 3.05) is 0 Å². The van der Waals surface area contributed by atoms with Crippen LogP contribution in [0.15, 0.2) is 0 Å². The summed E-state index contributed by atoms with van der Waals surface area (Å²) in [7, 11) is 0. The zero-order chi connectivity index (χ0) is 28.3. The molecule has 0 amide bonds. The fourth-order valence-electron chi connectivity index (χ4n) is 12.1. The Morgan fingerprint density at radius 2 is 1.00 bits per heavy atom. The van der Waals surface area contributed by atoms with Crippen LogP contribution in [0.3, 0.4) is 0 Å². The van der Waals surface area contributed by atoms with Crippen LogP contribution in [0.2, 0.25) is 0 Å². The molecular formula is C40H70. The van der Waals surface area contributed by atoms with Crippen LogP contribution in [0.5, 0.6) is 0 Å². The average Bonchev–Trinajstić information content (AvgIpc) is 3.79. The van der Waals surface area contributed by atoms with Gasteiger partial charge in [0.2, 0.25) is 0 Å². The molecule has 6 saturated carbocycles. The van der Waals surface area contributed by atoms with E-state index in [-0.39, 0.29) is 0 Å². The Balaban J connectivity index is 0.840. The van der Waals surface area contributed by atoms with Crippen molar-refractivity contribution in [3.8, 4) is 0 Å². The molecule has 0 heterocycles. The van der Waals surface area contributed by atoms with E-state index in [4.69, 9.17) is 0 Å². The summed E-state index contributed by atoms with van der Waals surface area (Å²) in [6, 6.07) is 0. The summed E-state index contributed by atoms with van der Waals surface area (Å²) < 4.78 is 0. The van der Waals surface area contributed by atoms with Gasteiger partial charge in [0, 0.05) is 0 Å². The fourth-order valence-corrected chi connectivity index (χ4v) is 12.1. The Hall–Kier alpha value is 0. The second kappa shape index (κ2) is 12.2. The minimum Gasteiger partial charge on any atom is -0.0622 e. The number of hydrogen-bond donors (Lipinski definition) is 0. The van der Waals surface area contributed by atoms with Crippen LogP contribution in [0.1, 0.15) is 145 Å². The molecule has 18 unspecified atom stereocenters. The molecule has 0 aromatic heterocycles. The Bertz CT molecular complexity index is 828. The predicted octanol–water partition coefficient (Wildman–Crippen LogP) is 11.8. The molecule has 0 aromatic rings. The van der Waals surface area contributed by atoms with Gasteiger partial charge >= 0.3 is 0 Å². The van der Waals surface area contributed by atoms with Crippen LogP contribution in [-0.4, -0.2) is 0 Å². The lowest BCUT2D eigenvalue weighted by Gasteiger charge is -2.52. The number of rotatable bonds is 14. The van der Waals surface area contributed by atoms with Crippen molar-refractivity contribution in [3.05, 3.63) is 0 Å². The van der Waals surface area contributed by atoms with E-state index in [2.05, 4.69) is 55.4 Å². The Morgan fingerprint density at radius 3 is 1.48 bits per heavy atom. The normalized spacial score (nSPS) is 52.5. The first-order chi connectivity index (χ1) is 19.1. The summed E-state index contributed by atoms with van der Waals surface area (Å²) in [4.78, 5) is 0. The molecule has 0 saturated heterocycles. The monoisotopic (exact) mass is 551 g/mol. The first-order valence-corrected chi connectivity index (χ1v) is 19.1. The van der Waals surface area contributed by atoms with Crippen molar-refractivity contribution in [2.24, 2.45) is 107 Å². The molecule has 0 bridgehead atoms. The summed E-state index contributed by atoms with van der Waals surface area (Å²) >= 11 is 0. The lowest BCUT2D eigenvalue weighted by Crippen LogP contribution is -2.42. The van der Waals surface area contributed by atoms with Gasteiger partial charge in [0.1, 0.15) is 0 Å². The van der Waals surface area contributed by atoms with Gasteiger partial charge in [0.25, 0.3) is 0 Å². The van der Waals surface area contributed by atoms with Crippen molar-refractivity contribution in [3.63, 3.8) is 0 Å². The Morgan fingerprint density at radius 1 is 0.500 bits per heavy atom. The van der Waals surface area contributed by atoms with E-state index in [9.17, 15) is 0 Å². The van der Waals surface area contributed by atoms with E-state index >= 15 is 0 Å². The number of fused-ring (bicyclic) bond motifs is 1. The van der Waals surface area contributed by atoms with Crippen molar-refractivity contribution in [1.29, 1.82) is 0 Å². The third-order valence-corrected chi connectivity index (χ3v) is 16.7. The van der Waals surface area contributed by atoms with Crippen LogP contribution in [0, 0.1) is 107 Å². The molecule has 0 heteroatoms. The predicted molar refractivity (Wildman–Crippen MR) is 173 cm³/mol. The third-order valence-electron chi connectivity index (χ3n) is 16.7. The van der Waals surface area contributed by atoms with Crippen LogP contribution in [-0.2, 0) is 0 Å². The maximum Gasteiger partial charge on any atom is -0.0355 e. The molecule has 0 spiro atoms. The Labute approximate surface area is 251 Å².